The number of benzene rings is 2. The van der Waals surface area contributed by atoms with Crippen LogP contribution in [0.2, 0.25) is 5.04 Å². The standard InChI is InChI=1S/C29H44O2Si/c1-5-6-7-8-9-10-11-18-23-27(28-24-30-28)31-32(29(2,3)4,25-19-14-12-15-20-25)26-21-16-13-17-22-26/h12-17,19-22,27-28H,5-11,18,23-24H2,1-4H3/t27-,28+/m0/s1. The Morgan fingerprint density at radius 2 is 1.28 bits per heavy atom. The quantitative estimate of drug-likeness (QED) is 0.177. The predicted molar refractivity (Wildman–Crippen MR) is 139 cm³/mol. The van der Waals surface area contributed by atoms with Gasteiger partial charge in [0.25, 0.3) is 8.32 Å². The van der Waals surface area contributed by atoms with Crippen molar-refractivity contribution in [3.05, 3.63) is 60.7 Å². The maximum atomic E-state index is 7.37. The first kappa shape index (κ1) is 25.2. The maximum Gasteiger partial charge on any atom is 0.261 e. The number of hydrogen-bond acceptors (Lipinski definition) is 2. The minimum atomic E-state index is -2.51. The van der Waals surface area contributed by atoms with E-state index in [2.05, 4.69) is 88.4 Å². The van der Waals surface area contributed by atoms with Gasteiger partial charge >= 0.3 is 0 Å². The van der Waals surface area contributed by atoms with E-state index in [1.807, 2.05) is 0 Å². The SMILES string of the molecule is CCCCCCCCCC[C@H](O[Si](c1ccccc1)(c1ccccc1)C(C)(C)C)[C@H]1CO1. The summed E-state index contributed by atoms with van der Waals surface area (Å²) < 4.78 is 13.2. The molecule has 2 atom stereocenters. The van der Waals surface area contributed by atoms with Gasteiger partial charge in [-0.3, -0.25) is 0 Å². The highest BCUT2D eigenvalue weighted by Gasteiger charge is 2.53. The molecule has 1 fully saturated rings. The lowest BCUT2D eigenvalue weighted by atomic mass is 10.0. The fraction of sp³-hybridized carbons (Fsp3) is 0.586. The molecule has 0 amide bonds. The lowest BCUT2D eigenvalue weighted by molar-refractivity contribution is 0.136. The van der Waals surface area contributed by atoms with Crippen LogP contribution < -0.4 is 10.4 Å². The van der Waals surface area contributed by atoms with E-state index >= 15 is 0 Å². The number of hydrogen-bond donors (Lipinski definition) is 0. The van der Waals surface area contributed by atoms with Gasteiger partial charge in [-0.2, -0.15) is 0 Å². The van der Waals surface area contributed by atoms with Crippen LogP contribution in [0.3, 0.4) is 0 Å². The third kappa shape index (κ3) is 6.56. The molecular weight excluding hydrogens is 408 g/mol. The molecule has 0 N–H and O–H groups in total. The molecule has 0 spiro atoms. The molecular formula is C29H44O2Si. The van der Waals surface area contributed by atoms with E-state index in [0.717, 1.165) is 13.0 Å². The van der Waals surface area contributed by atoms with E-state index in [1.54, 1.807) is 0 Å². The first-order valence-corrected chi connectivity index (χ1v) is 14.8. The van der Waals surface area contributed by atoms with Gasteiger partial charge in [-0.1, -0.05) is 140 Å². The molecule has 1 aliphatic heterocycles. The van der Waals surface area contributed by atoms with Gasteiger partial charge in [-0.15, -0.1) is 0 Å². The zero-order valence-corrected chi connectivity index (χ0v) is 21.8. The molecule has 1 saturated heterocycles. The van der Waals surface area contributed by atoms with E-state index < -0.39 is 8.32 Å². The van der Waals surface area contributed by atoms with Crippen molar-refractivity contribution in [1.82, 2.24) is 0 Å². The summed E-state index contributed by atoms with van der Waals surface area (Å²) in [5.74, 6) is 0. The maximum absolute atomic E-state index is 7.37. The van der Waals surface area contributed by atoms with Crippen LogP contribution in [-0.2, 0) is 9.16 Å². The number of unbranched alkanes of at least 4 members (excludes halogenated alkanes) is 7. The highest BCUT2D eigenvalue weighted by molar-refractivity contribution is 6.99. The predicted octanol–water partition coefficient (Wildman–Crippen LogP) is 6.86. The van der Waals surface area contributed by atoms with Gasteiger partial charge in [-0.25, -0.2) is 0 Å². The van der Waals surface area contributed by atoms with E-state index in [-0.39, 0.29) is 17.2 Å². The molecule has 1 aliphatic rings. The van der Waals surface area contributed by atoms with Gasteiger partial charge in [0.1, 0.15) is 6.10 Å². The minimum absolute atomic E-state index is 0.0160. The lowest BCUT2D eigenvalue weighted by Gasteiger charge is -2.45. The van der Waals surface area contributed by atoms with Crippen molar-refractivity contribution in [1.29, 1.82) is 0 Å². The van der Waals surface area contributed by atoms with Gasteiger partial charge in [0, 0.05) is 0 Å². The molecule has 0 aromatic heterocycles. The Balaban J connectivity index is 1.76. The average molecular weight is 453 g/mol. The van der Waals surface area contributed by atoms with Crippen LogP contribution in [0.5, 0.6) is 0 Å². The monoisotopic (exact) mass is 452 g/mol. The highest BCUT2D eigenvalue weighted by Crippen LogP contribution is 2.39. The molecule has 3 heteroatoms. The molecule has 2 aromatic carbocycles. The third-order valence-electron chi connectivity index (χ3n) is 6.86. The Labute approximate surface area is 197 Å². The second kappa shape index (κ2) is 12.2. The van der Waals surface area contributed by atoms with Gasteiger partial charge in [0.15, 0.2) is 0 Å². The fourth-order valence-corrected chi connectivity index (χ4v) is 9.73. The molecule has 2 nitrogen and oxygen atoms in total. The van der Waals surface area contributed by atoms with Crippen LogP contribution in [-0.4, -0.2) is 27.1 Å². The van der Waals surface area contributed by atoms with Crippen molar-refractivity contribution in [3.8, 4) is 0 Å². The van der Waals surface area contributed by atoms with Gasteiger partial charge in [0.2, 0.25) is 0 Å². The first-order valence-electron chi connectivity index (χ1n) is 12.9. The summed E-state index contributed by atoms with van der Waals surface area (Å²) in [5.41, 5.74) is 0. The lowest BCUT2D eigenvalue weighted by Crippen LogP contribution is -2.68. The van der Waals surface area contributed by atoms with E-state index in [1.165, 1.54) is 61.7 Å². The van der Waals surface area contributed by atoms with Crippen molar-refractivity contribution in [3.63, 3.8) is 0 Å². The smallest absolute Gasteiger partial charge is 0.261 e. The van der Waals surface area contributed by atoms with Crippen LogP contribution in [0.1, 0.15) is 85.5 Å². The summed E-state index contributed by atoms with van der Waals surface area (Å²) >= 11 is 0. The van der Waals surface area contributed by atoms with E-state index in [9.17, 15) is 0 Å². The van der Waals surface area contributed by atoms with Crippen molar-refractivity contribution < 1.29 is 9.16 Å². The summed E-state index contributed by atoms with van der Waals surface area (Å²) in [7, 11) is -2.51. The Morgan fingerprint density at radius 3 is 1.72 bits per heavy atom. The van der Waals surface area contributed by atoms with Gasteiger partial charge in [0.05, 0.1) is 12.7 Å². The summed E-state index contributed by atoms with van der Waals surface area (Å²) in [6.07, 6.45) is 12.3. The number of epoxide rings is 1. The normalized spacial score (nSPS) is 17.3. The third-order valence-corrected chi connectivity index (χ3v) is 11.9. The van der Waals surface area contributed by atoms with Crippen LogP contribution in [0.25, 0.3) is 0 Å². The molecule has 176 valence electrons. The molecule has 0 saturated carbocycles. The summed E-state index contributed by atoms with van der Waals surface area (Å²) in [6.45, 7) is 10.2. The fourth-order valence-electron chi connectivity index (χ4n) is 4.99. The summed E-state index contributed by atoms with van der Waals surface area (Å²) in [5, 5.41) is 2.74. The molecule has 32 heavy (non-hydrogen) atoms. The molecule has 0 radical (unpaired) electrons. The Morgan fingerprint density at radius 1 is 0.812 bits per heavy atom. The van der Waals surface area contributed by atoms with Crippen molar-refractivity contribution in [2.45, 2.75) is 103 Å². The van der Waals surface area contributed by atoms with Crippen molar-refractivity contribution in [2.24, 2.45) is 0 Å². The van der Waals surface area contributed by atoms with Crippen LogP contribution in [0, 0.1) is 0 Å². The molecule has 0 unspecified atom stereocenters. The zero-order chi connectivity index (χ0) is 22.9. The minimum Gasteiger partial charge on any atom is -0.402 e. The second-order valence-electron chi connectivity index (χ2n) is 10.5. The molecule has 1 heterocycles. The molecule has 2 aromatic rings. The molecule has 3 rings (SSSR count). The highest BCUT2D eigenvalue weighted by atomic mass is 28.4. The largest absolute Gasteiger partial charge is 0.402 e. The van der Waals surface area contributed by atoms with Gasteiger partial charge < -0.3 is 9.16 Å². The Kier molecular flexibility index (Phi) is 9.57. The van der Waals surface area contributed by atoms with Crippen LogP contribution in [0.4, 0.5) is 0 Å². The first-order chi connectivity index (χ1) is 15.5. The van der Waals surface area contributed by atoms with E-state index in [0.29, 0.717) is 0 Å². The summed E-state index contributed by atoms with van der Waals surface area (Å²) in [4.78, 5) is 0. The molecule has 0 aliphatic carbocycles. The molecule has 0 bridgehead atoms. The van der Waals surface area contributed by atoms with Crippen LogP contribution >= 0.6 is 0 Å². The average Bonchev–Trinajstić information content (AvgIpc) is 3.63. The Bertz CT molecular complexity index is 725. The van der Waals surface area contributed by atoms with E-state index in [4.69, 9.17) is 9.16 Å². The van der Waals surface area contributed by atoms with Crippen molar-refractivity contribution in [2.75, 3.05) is 6.61 Å². The van der Waals surface area contributed by atoms with Crippen LogP contribution in [0.15, 0.2) is 60.7 Å². The number of ether oxygens (including phenoxy) is 1. The summed E-state index contributed by atoms with van der Waals surface area (Å²) in [6, 6.07) is 22.0. The zero-order valence-electron chi connectivity index (χ0n) is 20.8. The topological polar surface area (TPSA) is 21.8 Å². The number of rotatable bonds is 14. The van der Waals surface area contributed by atoms with Gasteiger partial charge in [-0.05, 0) is 21.8 Å². The Hall–Kier alpha value is -1.42. The second-order valence-corrected chi connectivity index (χ2v) is 14.7. The van der Waals surface area contributed by atoms with Crippen molar-refractivity contribution >= 4 is 18.7 Å².